The van der Waals surface area contributed by atoms with Crippen LogP contribution in [-0.4, -0.2) is 29.0 Å². The van der Waals surface area contributed by atoms with E-state index in [-0.39, 0.29) is 6.03 Å². The first-order chi connectivity index (χ1) is 6.94. The van der Waals surface area contributed by atoms with Crippen LogP contribution in [-0.2, 0) is 4.84 Å². The second-order valence-corrected chi connectivity index (χ2v) is 5.61. The molecule has 0 spiro atoms. The van der Waals surface area contributed by atoms with E-state index in [4.69, 9.17) is 16.4 Å². The van der Waals surface area contributed by atoms with Gasteiger partial charge in [-0.1, -0.05) is 28.1 Å². The molecule has 0 saturated carbocycles. The summed E-state index contributed by atoms with van der Waals surface area (Å²) in [5.41, 5.74) is 0.708. The zero-order valence-corrected chi connectivity index (χ0v) is 10.8. The van der Waals surface area contributed by atoms with Crippen LogP contribution in [0.4, 0.5) is 4.79 Å². The van der Waals surface area contributed by atoms with Crippen molar-refractivity contribution in [2.24, 2.45) is 0 Å². The van der Waals surface area contributed by atoms with Crippen LogP contribution in [0, 0.1) is 0 Å². The number of urea groups is 1. The summed E-state index contributed by atoms with van der Waals surface area (Å²) in [7, 11) is 2.95. The highest BCUT2D eigenvalue weighted by Gasteiger charge is 2.21. The number of nitrogens with zero attached hydrogens (tertiary/aromatic N) is 1. The molecule has 0 bridgehead atoms. The molecule has 4 nitrogen and oxygen atoms in total. The van der Waals surface area contributed by atoms with Crippen molar-refractivity contribution in [3.63, 3.8) is 0 Å². The van der Waals surface area contributed by atoms with Crippen molar-refractivity contribution in [2.75, 3.05) is 14.2 Å². The van der Waals surface area contributed by atoms with Gasteiger partial charge in [-0.25, -0.2) is 9.86 Å². The molecule has 0 heterocycles. The van der Waals surface area contributed by atoms with Gasteiger partial charge in [0.1, 0.15) is 3.78 Å². The number of halogens is 2. The summed E-state index contributed by atoms with van der Waals surface area (Å²) in [5.74, 6) is 0. The number of nitrogens with one attached hydrogen (secondary N) is 1. The average Bonchev–Trinajstić information content (AvgIpc) is 2.20. The summed E-state index contributed by atoms with van der Waals surface area (Å²) >= 11 is 9.32. The molecule has 84 valence electrons. The lowest BCUT2D eigenvalue weighted by molar-refractivity contribution is -0.0639. The standard InChI is InChI=1S/C9H12BrClN2O2/c1-13(15-2)8(14)12-7-3-5-9(10,11)6-4-7/h3-5H,6H2,1-2H3,(H,12,14). The minimum Gasteiger partial charge on any atom is -0.306 e. The van der Waals surface area contributed by atoms with Gasteiger partial charge in [0.15, 0.2) is 0 Å². The molecule has 1 rings (SSSR count). The van der Waals surface area contributed by atoms with Crippen LogP contribution < -0.4 is 5.32 Å². The first-order valence-corrected chi connectivity index (χ1v) is 5.48. The molecule has 6 heteroatoms. The summed E-state index contributed by atoms with van der Waals surface area (Å²) in [6.07, 6.45) is 5.96. The molecule has 1 aliphatic carbocycles. The predicted octanol–water partition coefficient (Wildman–Crippen LogP) is 2.36. The van der Waals surface area contributed by atoms with Gasteiger partial charge in [-0.2, -0.15) is 0 Å². The molecule has 1 unspecified atom stereocenters. The largest absolute Gasteiger partial charge is 0.345 e. The number of alkyl halides is 2. The summed E-state index contributed by atoms with van der Waals surface area (Å²) in [5, 5.41) is 3.77. The van der Waals surface area contributed by atoms with E-state index in [2.05, 4.69) is 21.2 Å². The summed E-state index contributed by atoms with van der Waals surface area (Å²) < 4.78 is -0.533. The number of hydrogen-bond acceptors (Lipinski definition) is 2. The molecule has 0 saturated heterocycles. The highest BCUT2D eigenvalue weighted by molar-refractivity contribution is 9.10. The number of hydrogen-bond donors (Lipinski definition) is 1. The Kier molecular flexibility index (Phi) is 4.19. The van der Waals surface area contributed by atoms with Crippen molar-refractivity contribution in [1.82, 2.24) is 10.4 Å². The SMILES string of the molecule is CON(C)C(=O)NC1=CCC(Cl)(Br)C=C1. The topological polar surface area (TPSA) is 41.6 Å². The summed E-state index contributed by atoms with van der Waals surface area (Å²) in [4.78, 5) is 16.1. The van der Waals surface area contributed by atoms with E-state index in [9.17, 15) is 4.79 Å². The van der Waals surface area contributed by atoms with Crippen molar-refractivity contribution in [2.45, 2.75) is 10.2 Å². The first kappa shape index (κ1) is 12.5. The van der Waals surface area contributed by atoms with E-state index in [1.54, 1.807) is 12.2 Å². The third-order valence-electron chi connectivity index (χ3n) is 1.91. The number of allylic oxidation sites excluding steroid dienone is 3. The Balaban J connectivity index is 2.52. The van der Waals surface area contributed by atoms with E-state index in [1.165, 1.54) is 14.2 Å². The number of amides is 2. The normalized spacial score (nSPS) is 24.7. The first-order valence-electron chi connectivity index (χ1n) is 4.30. The number of rotatable bonds is 2. The van der Waals surface area contributed by atoms with E-state index in [1.807, 2.05) is 6.08 Å². The molecule has 0 aromatic carbocycles. The fraction of sp³-hybridized carbons (Fsp3) is 0.444. The maximum atomic E-state index is 11.4. The van der Waals surface area contributed by atoms with Crippen molar-refractivity contribution < 1.29 is 9.63 Å². The molecular weight excluding hydrogens is 283 g/mol. The van der Waals surface area contributed by atoms with Gasteiger partial charge < -0.3 is 5.32 Å². The Morgan fingerprint density at radius 3 is 2.93 bits per heavy atom. The summed E-state index contributed by atoms with van der Waals surface area (Å²) in [6, 6.07) is -0.329. The van der Waals surface area contributed by atoms with Crippen molar-refractivity contribution in [3.8, 4) is 0 Å². The quantitative estimate of drug-likeness (QED) is 0.628. The Morgan fingerprint density at radius 1 is 1.80 bits per heavy atom. The smallest absolute Gasteiger partial charge is 0.306 e. The maximum absolute atomic E-state index is 11.4. The van der Waals surface area contributed by atoms with Crippen molar-refractivity contribution in [3.05, 3.63) is 23.9 Å². The monoisotopic (exact) mass is 294 g/mol. The Bertz CT molecular complexity index is 315. The fourth-order valence-corrected chi connectivity index (χ4v) is 1.41. The number of carbonyl (C=O) groups excluding carboxylic acids is 1. The lowest BCUT2D eigenvalue weighted by Crippen LogP contribution is -2.36. The maximum Gasteiger partial charge on any atom is 0.345 e. The second kappa shape index (κ2) is 5.01. The highest BCUT2D eigenvalue weighted by Crippen LogP contribution is 2.33. The van der Waals surface area contributed by atoms with Crippen LogP contribution in [0.5, 0.6) is 0 Å². The Morgan fingerprint density at radius 2 is 2.47 bits per heavy atom. The second-order valence-electron chi connectivity index (χ2n) is 3.07. The molecule has 1 atom stereocenters. The van der Waals surface area contributed by atoms with Gasteiger partial charge in [-0.3, -0.25) is 4.84 Å². The Hall–Kier alpha value is -0.520. The van der Waals surface area contributed by atoms with Crippen LogP contribution in [0.25, 0.3) is 0 Å². The van der Waals surface area contributed by atoms with Gasteiger partial charge in [0.2, 0.25) is 0 Å². The minimum atomic E-state index is -0.533. The molecule has 0 fully saturated rings. The average molecular weight is 296 g/mol. The van der Waals surface area contributed by atoms with Gasteiger partial charge in [0.05, 0.1) is 7.11 Å². The lowest BCUT2D eigenvalue weighted by Gasteiger charge is -2.20. The molecular formula is C9H12BrClN2O2. The molecule has 1 N–H and O–H groups in total. The zero-order chi connectivity index (χ0) is 11.5. The van der Waals surface area contributed by atoms with Gasteiger partial charge in [0.25, 0.3) is 0 Å². The van der Waals surface area contributed by atoms with Crippen LogP contribution in [0.3, 0.4) is 0 Å². The van der Waals surface area contributed by atoms with Crippen molar-refractivity contribution in [1.29, 1.82) is 0 Å². The zero-order valence-electron chi connectivity index (χ0n) is 8.46. The molecule has 15 heavy (non-hydrogen) atoms. The van der Waals surface area contributed by atoms with Crippen LogP contribution in [0.1, 0.15) is 6.42 Å². The van der Waals surface area contributed by atoms with Crippen LogP contribution >= 0.6 is 27.5 Å². The molecule has 0 radical (unpaired) electrons. The predicted molar refractivity (Wildman–Crippen MR) is 62.7 cm³/mol. The molecule has 1 aliphatic rings. The van der Waals surface area contributed by atoms with E-state index < -0.39 is 3.78 Å². The summed E-state index contributed by atoms with van der Waals surface area (Å²) in [6.45, 7) is 0. The molecule has 0 aromatic heterocycles. The van der Waals surface area contributed by atoms with Crippen LogP contribution in [0.15, 0.2) is 23.9 Å². The van der Waals surface area contributed by atoms with Gasteiger partial charge in [-0.05, 0) is 6.08 Å². The third kappa shape index (κ3) is 3.85. The van der Waals surface area contributed by atoms with Gasteiger partial charge in [-0.15, -0.1) is 11.6 Å². The molecule has 2 amide bonds. The Labute approximate surface area is 102 Å². The molecule has 0 aliphatic heterocycles. The van der Waals surface area contributed by atoms with Crippen LogP contribution in [0.2, 0.25) is 0 Å². The van der Waals surface area contributed by atoms with E-state index in [0.717, 1.165) is 5.06 Å². The number of carbonyl (C=O) groups is 1. The fourth-order valence-electron chi connectivity index (χ4n) is 0.972. The van der Waals surface area contributed by atoms with Gasteiger partial charge in [0, 0.05) is 19.2 Å². The highest BCUT2D eigenvalue weighted by atomic mass is 79.9. The lowest BCUT2D eigenvalue weighted by atomic mass is 10.1. The van der Waals surface area contributed by atoms with E-state index in [0.29, 0.717) is 12.1 Å². The van der Waals surface area contributed by atoms with Crippen molar-refractivity contribution >= 4 is 33.6 Å². The van der Waals surface area contributed by atoms with Gasteiger partial charge >= 0.3 is 6.03 Å². The van der Waals surface area contributed by atoms with E-state index >= 15 is 0 Å². The minimum absolute atomic E-state index is 0.329. The number of hydroxylamine groups is 2. The third-order valence-corrected chi connectivity index (χ3v) is 2.78. The molecule has 0 aromatic rings.